The van der Waals surface area contributed by atoms with Gasteiger partial charge in [-0.1, -0.05) is 6.07 Å². The molecule has 2 aromatic rings. The zero-order chi connectivity index (χ0) is 22.6. The molecule has 0 saturated carbocycles. The first-order valence-electron chi connectivity index (χ1n) is 11.0. The van der Waals surface area contributed by atoms with Crippen LogP contribution >= 0.6 is 0 Å². The van der Waals surface area contributed by atoms with E-state index in [0.717, 1.165) is 67.8 Å². The molecule has 0 amide bonds. The number of nitriles is 1. The fourth-order valence-corrected chi connectivity index (χ4v) is 4.12. The highest BCUT2D eigenvalue weighted by molar-refractivity contribution is 5.71. The maximum Gasteiger partial charge on any atom is 0.151 e. The number of methoxy groups -OCH3 is 1. The van der Waals surface area contributed by atoms with Crippen molar-refractivity contribution in [3.63, 3.8) is 0 Å². The molecule has 0 atom stereocenters. The average Bonchev–Trinajstić information content (AvgIpc) is 2.79. The fraction of sp³-hybridized carbons (Fsp3) is 0.500. The zero-order valence-electron chi connectivity index (χ0n) is 19.0. The highest BCUT2D eigenvalue weighted by Gasteiger charge is 2.32. The van der Waals surface area contributed by atoms with E-state index in [0.29, 0.717) is 24.4 Å². The lowest BCUT2D eigenvalue weighted by atomic mass is 9.89. The molecule has 8 heteroatoms. The quantitative estimate of drug-likeness (QED) is 0.682. The van der Waals surface area contributed by atoms with Crippen molar-refractivity contribution in [2.75, 3.05) is 57.1 Å². The second-order valence-electron chi connectivity index (χ2n) is 8.72. The summed E-state index contributed by atoms with van der Waals surface area (Å²) < 4.78 is 16.8. The number of rotatable bonds is 7. The largest absolute Gasteiger partial charge is 0.497 e. The van der Waals surface area contributed by atoms with Gasteiger partial charge in [0.2, 0.25) is 0 Å². The Bertz CT molecular complexity index is 996. The van der Waals surface area contributed by atoms with Crippen LogP contribution in [0, 0.1) is 11.3 Å². The van der Waals surface area contributed by atoms with Gasteiger partial charge in [0.05, 0.1) is 38.1 Å². The van der Waals surface area contributed by atoms with Crippen LogP contribution in [0.3, 0.4) is 0 Å². The summed E-state index contributed by atoms with van der Waals surface area (Å²) >= 11 is 0. The van der Waals surface area contributed by atoms with E-state index in [4.69, 9.17) is 19.2 Å². The van der Waals surface area contributed by atoms with E-state index in [1.807, 2.05) is 24.3 Å². The lowest BCUT2D eigenvalue weighted by Gasteiger charge is -2.34. The first kappa shape index (κ1) is 22.3. The molecular weight excluding hydrogens is 406 g/mol. The molecule has 32 heavy (non-hydrogen) atoms. The number of hydrogen-bond donors (Lipinski definition) is 2. The van der Waals surface area contributed by atoms with Crippen LogP contribution in [0.2, 0.25) is 0 Å². The number of aromatic nitrogens is 1. The molecule has 3 heterocycles. The molecule has 4 rings (SSSR count). The van der Waals surface area contributed by atoms with Crippen molar-refractivity contribution < 1.29 is 14.2 Å². The summed E-state index contributed by atoms with van der Waals surface area (Å²) in [5.74, 6) is 2.06. The maximum atomic E-state index is 10.0. The normalized spacial score (nSPS) is 17.8. The number of benzene rings is 1. The molecule has 2 N–H and O–H groups in total. The lowest BCUT2D eigenvalue weighted by Crippen LogP contribution is -2.39. The van der Waals surface area contributed by atoms with E-state index in [2.05, 4.69) is 35.5 Å². The van der Waals surface area contributed by atoms with Gasteiger partial charge in [0.25, 0.3) is 0 Å². The number of hydrogen-bond acceptors (Lipinski definition) is 8. The standard InChI is InChI=1S/C24H31N5O3/c1-24(2)14-19-20(15-25)23(27-17-5-4-6-18(13-17)30-3)28-22(21(19)16-32-24)26-7-8-29-9-11-31-12-10-29/h4-6,13H,7-12,14,16H2,1-3H3,(H2,26,27,28). The first-order valence-corrected chi connectivity index (χ1v) is 11.0. The number of anilines is 3. The van der Waals surface area contributed by atoms with Crippen molar-refractivity contribution in [1.82, 2.24) is 9.88 Å². The van der Waals surface area contributed by atoms with E-state index < -0.39 is 0 Å². The van der Waals surface area contributed by atoms with Crippen LogP contribution < -0.4 is 15.4 Å². The summed E-state index contributed by atoms with van der Waals surface area (Å²) in [6.07, 6.45) is 0.651. The molecule has 0 bridgehead atoms. The Morgan fingerprint density at radius 1 is 1.22 bits per heavy atom. The van der Waals surface area contributed by atoms with Crippen LogP contribution in [0.15, 0.2) is 24.3 Å². The van der Waals surface area contributed by atoms with Gasteiger partial charge in [-0.3, -0.25) is 4.90 Å². The van der Waals surface area contributed by atoms with Gasteiger partial charge in [-0.05, 0) is 31.5 Å². The number of ether oxygens (including phenoxy) is 3. The van der Waals surface area contributed by atoms with Gasteiger partial charge < -0.3 is 24.8 Å². The van der Waals surface area contributed by atoms with Gasteiger partial charge in [-0.15, -0.1) is 0 Å². The number of nitrogens with one attached hydrogen (secondary N) is 2. The Morgan fingerprint density at radius 3 is 2.78 bits per heavy atom. The summed E-state index contributed by atoms with van der Waals surface area (Å²) in [6, 6.07) is 10.00. The summed E-state index contributed by atoms with van der Waals surface area (Å²) in [5, 5.41) is 16.9. The van der Waals surface area contributed by atoms with Gasteiger partial charge >= 0.3 is 0 Å². The second kappa shape index (κ2) is 9.74. The molecule has 0 radical (unpaired) electrons. The summed E-state index contributed by atoms with van der Waals surface area (Å²) in [7, 11) is 1.63. The SMILES string of the molecule is COc1cccc(Nc2nc(NCCN3CCOCC3)c3c(c2C#N)CC(C)(C)OC3)c1. The number of fused-ring (bicyclic) bond motifs is 1. The highest BCUT2D eigenvalue weighted by Crippen LogP contribution is 2.37. The Balaban J connectivity index is 1.63. The molecule has 2 aliphatic heterocycles. The van der Waals surface area contributed by atoms with Gasteiger partial charge in [-0.25, -0.2) is 4.98 Å². The minimum Gasteiger partial charge on any atom is -0.497 e. The summed E-state index contributed by atoms with van der Waals surface area (Å²) in [5.41, 5.74) is 3.02. The lowest BCUT2D eigenvalue weighted by molar-refractivity contribution is -0.0399. The van der Waals surface area contributed by atoms with Gasteiger partial charge in [0, 0.05) is 49.9 Å². The first-order chi connectivity index (χ1) is 15.5. The second-order valence-corrected chi connectivity index (χ2v) is 8.72. The van der Waals surface area contributed by atoms with E-state index in [1.165, 1.54) is 0 Å². The smallest absolute Gasteiger partial charge is 0.151 e. The molecule has 8 nitrogen and oxygen atoms in total. The van der Waals surface area contributed by atoms with Crippen LogP contribution in [0.5, 0.6) is 5.75 Å². The van der Waals surface area contributed by atoms with Gasteiger partial charge in [0.15, 0.2) is 5.82 Å². The molecule has 1 fully saturated rings. The summed E-state index contributed by atoms with van der Waals surface area (Å²) in [4.78, 5) is 7.21. The van der Waals surface area contributed by atoms with Crippen molar-refractivity contribution in [3.05, 3.63) is 41.0 Å². The van der Waals surface area contributed by atoms with E-state index in [-0.39, 0.29) is 5.60 Å². The molecular formula is C24H31N5O3. The molecule has 170 valence electrons. The van der Waals surface area contributed by atoms with Crippen LogP contribution in [-0.4, -0.2) is 62.0 Å². The Kier molecular flexibility index (Phi) is 6.80. The highest BCUT2D eigenvalue weighted by atomic mass is 16.5. The molecule has 0 unspecified atom stereocenters. The van der Waals surface area contributed by atoms with Crippen LogP contribution in [-0.2, 0) is 22.5 Å². The number of morpholine rings is 1. The third kappa shape index (κ3) is 5.13. The Hall–Kier alpha value is -2.86. The monoisotopic (exact) mass is 437 g/mol. The van der Waals surface area contributed by atoms with E-state index in [1.54, 1.807) is 7.11 Å². The van der Waals surface area contributed by atoms with E-state index >= 15 is 0 Å². The third-order valence-corrected chi connectivity index (χ3v) is 5.89. The van der Waals surface area contributed by atoms with Crippen molar-refractivity contribution in [3.8, 4) is 11.8 Å². The van der Waals surface area contributed by atoms with Crippen LogP contribution in [0.1, 0.15) is 30.5 Å². The molecule has 2 aliphatic rings. The Labute approximate surface area is 189 Å². The van der Waals surface area contributed by atoms with Crippen molar-refractivity contribution >= 4 is 17.3 Å². The van der Waals surface area contributed by atoms with Crippen molar-refractivity contribution in [1.29, 1.82) is 5.26 Å². The number of nitrogens with zero attached hydrogens (tertiary/aromatic N) is 3. The topological polar surface area (TPSA) is 91.7 Å². The zero-order valence-corrected chi connectivity index (χ0v) is 19.0. The molecule has 1 aromatic carbocycles. The fourth-order valence-electron chi connectivity index (χ4n) is 4.12. The minimum absolute atomic E-state index is 0.335. The van der Waals surface area contributed by atoms with Crippen molar-refractivity contribution in [2.24, 2.45) is 0 Å². The predicted molar refractivity (Wildman–Crippen MR) is 124 cm³/mol. The predicted octanol–water partition coefficient (Wildman–Crippen LogP) is 3.30. The maximum absolute atomic E-state index is 10.0. The third-order valence-electron chi connectivity index (χ3n) is 5.89. The van der Waals surface area contributed by atoms with Gasteiger partial charge in [0.1, 0.15) is 17.6 Å². The number of pyridine rings is 1. The van der Waals surface area contributed by atoms with Gasteiger partial charge in [-0.2, -0.15) is 5.26 Å². The molecule has 0 aliphatic carbocycles. The van der Waals surface area contributed by atoms with Crippen LogP contribution in [0.25, 0.3) is 0 Å². The molecule has 1 aromatic heterocycles. The molecule has 1 saturated heterocycles. The van der Waals surface area contributed by atoms with E-state index in [9.17, 15) is 5.26 Å². The average molecular weight is 438 g/mol. The van der Waals surface area contributed by atoms with Crippen LogP contribution in [0.4, 0.5) is 17.3 Å². The minimum atomic E-state index is -0.335. The Morgan fingerprint density at radius 2 is 2.03 bits per heavy atom. The molecule has 0 spiro atoms. The summed E-state index contributed by atoms with van der Waals surface area (Å²) in [6.45, 7) is 9.66. The van der Waals surface area contributed by atoms with Crippen molar-refractivity contribution in [2.45, 2.75) is 32.5 Å².